The average Bonchev–Trinajstić information content (AvgIpc) is 2.64. The summed E-state index contributed by atoms with van der Waals surface area (Å²) in [5.74, 6) is 0.233. The largest absolute Gasteiger partial charge is 0.352 e. The zero-order valence-electron chi connectivity index (χ0n) is 8.25. The summed E-state index contributed by atoms with van der Waals surface area (Å²) in [6.07, 6.45) is 4.40. The van der Waals surface area contributed by atoms with Crippen molar-refractivity contribution in [1.29, 1.82) is 0 Å². The molecule has 13 heavy (non-hydrogen) atoms. The van der Waals surface area contributed by atoms with Crippen LogP contribution in [0.2, 0.25) is 0 Å². The molecule has 1 N–H and O–H groups in total. The summed E-state index contributed by atoms with van der Waals surface area (Å²) in [6.45, 7) is 4.56. The Labute approximate surface area is 79.5 Å². The SMILES string of the molecule is C[C@@H]1CCCN1C[C@@H]1CCC(=O)N1. The minimum atomic E-state index is 0.233. The van der Waals surface area contributed by atoms with Crippen LogP contribution in [0.4, 0.5) is 0 Å². The molecule has 2 aliphatic heterocycles. The summed E-state index contributed by atoms with van der Waals surface area (Å²) in [5.41, 5.74) is 0. The van der Waals surface area contributed by atoms with Gasteiger partial charge in [-0.15, -0.1) is 0 Å². The quantitative estimate of drug-likeness (QED) is 0.683. The Bertz CT molecular complexity index is 205. The normalized spacial score (nSPS) is 35.3. The molecule has 0 aromatic heterocycles. The Morgan fingerprint density at radius 1 is 1.54 bits per heavy atom. The van der Waals surface area contributed by atoms with Crippen LogP contribution < -0.4 is 5.32 Å². The second-order valence-electron chi connectivity index (χ2n) is 4.29. The Hall–Kier alpha value is -0.570. The van der Waals surface area contributed by atoms with E-state index in [1.807, 2.05) is 0 Å². The van der Waals surface area contributed by atoms with Crippen molar-refractivity contribution in [3.8, 4) is 0 Å². The molecule has 2 fully saturated rings. The zero-order valence-corrected chi connectivity index (χ0v) is 8.25. The fourth-order valence-electron chi connectivity index (χ4n) is 2.36. The minimum Gasteiger partial charge on any atom is -0.352 e. The van der Waals surface area contributed by atoms with Gasteiger partial charge in [0, 0.05) is 25.0 Å². The number of hydrogen-bond acceptors (Lipinski definition) is 2. The highest BCUT2D eigenvalue weighted by Gasteiger charge is 2.27. The van der Waals surface area contributed by atoms with Gasteiger partial charge >= 0.3 is 0 Å². The molecular weight excluding hydrogens is 164 g/mol. The van der Waals surface area contributed by atoms with Crippen molar-refractivity contribution in [3.05, 3.63) is 0 Å². The monoisotopic (exact) mass is 182 g/mol. The standard InChI is InChI=1S/C10H18N2O/c1-8-3-2-6-12(8)7-9-4-5-10(13)11-9/h8-9H,2-7H2,1H3,(H,11,13)/t8-,9+/m1/s1. The van der Waals surface area contributed by atoms with Crippen LogP contribution in [0.15, 0.2) is 0 Å². The van der Waals surface area contributed by atoms with Gasteiger partial charge in [0.25, 0.3) is 0 Å². The van der Waals surface area contributed by atoms with Crippen molar-refractivity contribution < 1.29 is 4.79 Å². The molecule has 2 rings (SSSR count). The van der Waals surface area contributed by atoms with Gasteiger partial charge in [0.1, 0.15) is 0 Å². The summed E-state index contributed by atoms with van der Waals surface area (Å²) < 4.78 is 0. The van der Waals surface area contributed by atoms with Gasteiger partial charge in [0.15, 0.2) is 0 Å². The summed E-state index contributed by atoms with van der Waals surface area (Å²) in [7, 11) is 0. The number of hydrogen-bond donors (Lipinski definition) is 1. The lowest BCUT2D eigenvalue weighted by atomic mass is 10.2. The smallest absolute Gasteiger partial charge is 0.220 e. The molecule has 1 amide bonds. The Morgan fingerprint density at radius 2 is 2.38 bits per heavy atom. The maximum atomic E-state index is 11.0. The number of likely N-dealkylation sites (tertiary alicyclic amines) is 1. The second kappa shape index (κ2) is 3.66. The first-order valence-corrected chi connectivity index (χ1v) is 5.29. The van der Waals surface area contributed by atoms with Crippen LogP contribution >= 0.6 is 0 Å². The first-order valence-electron chi connectivity index (χ1n) is 5.29. The van der Waals surface area contributed by atoms with Crippen molar-refractivity contribution in [3.63, 3.8) is 0 Å². The van der Waals surface area contributed by atoms with Crippen molar-refractivity contribution in [1.82, 2.24) is 10.2 Å². The van der Waals surface area contributed by atoms with E-state index in [2.05, 4.69) is 17.1 Å². The molecule has 0 aromatic carbocycles. The van der Waals surface area contributed by atoms with Crippen LogP contribution in [0, 0.1) is 0 Å². The summed E-state index contributed by atoms with van der Waals surface area (Å²) >= 11 is 0. The fourth-order valence-corrected chi connectivity index (χ4v) is 2.36. The molecule has 0 radical (unpaired) electrons. The van der Waals surface area contributed by atoms with Gasteiger partial charge in [-0.1, -0.05) is 0 Å². The number of carbonyl (C=O) groups excluding carboxylic acids is 1. The maximum Gasteiger partial charge on any atom is 0.220 e. The Kier molecular flexibility index (Phi) is 2.54. The second-order valence-corrected chi connectivity index (χ2v) is 4.29. The predicted molar refractivity (Wildman–Crippen MR) is 51.4 cm³/mol. The molecular formula is C10H18N2O. The third-order valence-corrected chi connectivity index (χ3v) is 3.23. The van der Waals surface area contributed by atoms with Gasteiger partial charge < -0.3 is 5.32 Å². The number of amides is 1. The molecule has 0 aromatic rings. The number of nitrogens with one attached hydrogen (secondary N) is 1. The Morgan fingerprint density at radius 3 is 2.92 bits per heavy atom. The van der Waals surface area contributed by atoms with E-state index in [0.717, 1.165) is 25.4 Å². The van der Waals surface area contributed by atoms with E-state index in [4.69, 9.17) is 0 Å². The van der Waals surface area contributed by atoms with Gasteiger partial charge in [-0.2, -0.15) is 0 Å². The van der Waals surface area contributed by atoms with E-state index in [1.54, 1.807) is 0 Å². The number of rotatable bonds is 2. The van der Waals surface area contributed by atoms with Crippen LogP contribution in [0.3, 0.4) is 0 Å². The molecule has 74 valence electrons. The van der Waals surface area contributed by atoms with Crippen LogP contribution in [-0.4, -0.2) is 36.0 Å². The predicted octanol–water partition coefficient (Wildman–Crippen LogP) is 0.749. The molecule has 0 unspecified atom stereocenters. The molecule has 0 aliphatic carbocycles. The van der Waals surface area contributed by atoms with E-state index in [9.17, 15) is 4.79 Å². The van der Waals surface area contributed by atoms with E-state index in [1.165, 1.54) is 19.4 Å². The summed E-state index contributed by atoms with van der Waals surface area (Å²) in [4.78, 5) is 13.5. The molecule has 0 saturated carbocycles. The van der Waals surface area contributed by atoms with E-state index in [0.29, 0.717) is 6.04 Å². The molecule has 2 aliphatic rings. The topological polar surface area (TPSA) is 32.3 Å². The summed E-state index contributed by atoms with van der Waals surface area (Å²) in [6, 6.07) is 1.14. The van der Waals surface area contributed by atoms with Crippen LogP contribution in [-0.2, 0) is 4.79 Å². The number of nitrogens with zero attached hydrogens (tertiary/aromatic N) is 1. The number of carbonyl (C=O) groups is 1. The average molecular weight is 182 g/mol. The third kappa shape index (κ3) is 2.02. The Balaban J connectivity index is 1.80. The van der Waals surface area contributed by atoms with Gasteiger partial charge in [0.2, 0.25) is 5.91 Å². The zero-order chi connectivity index (χ0) is 9.26. The van der Waals surface area contributed by atoms with Crippen LogP contribution in [0.5, 0.6) is 0 Å². The first-order chi connectivity index (χ1) is 6.25. The molecule has 2 heterocycles. The van der Waals surface area contributed by atoms with Gasteiger partial charge in [0.05, 0.1) is 0 Å². The highest BCUT2D eigenvalue weighted by Crippen LogP contribution is 2.18. The highest BCUT2D eigenvalue weighted by molar-refractivity contribution is 5.78. The lowest BCUT2D eigenvalue weighted by Crippen LogP contribution is -2.40. The minimum absolute atomic E-state index is 0.233. The molecule has 0 bridgehead atoms. The highest BCUT2D eigenvalue weighted by atomic mass is 16.1. The van der Waals surface area contributed by atoms with Gasteiger partial charge in [-0.25, -0.2) is 0 Å². The third-order valence-electron chi connectivity index (χ3n) is 3.23. The van der Waals surface area contributed by atoms with Crippen molar-refractivity contribution in [2.75, 3.05) is 13.1 Å². The van der Waals surface area contributed by atoms with Crippen LogP contribution in [0.25, 0.3) is 0 Å². The van der Waals surface area contributed by atoms with Gasteiger partial charge in [-0.05, 0) is 32.7 Å². The lowest BCUT2D eigenvalue weighted by Gasteiger charge is -2.24. The summed E-state index contributed by atoms with van der Waals surface area (Å²) in [5, 5.41) is 3.02. The molecule has 3 heteroatoms. The molecule has 2 atom stereocenters. The maximum absolute atomic E-state index is 11.0. The first kappa shape index (κ1) is 9.00. The van der Waals surface area contributed by atoms with E-state index >= 15 is 0 Å². The van der Waals surface area contributed by atoms with Crippen molar-refractivity contribution in [2.24, 2.45) is 0 Å². The fraction of sp³-hybridized carbons (Fsp3) is 0.900. The van der Waals surface area contributed by atoms with Gasteiger partial charge in [-0.3, -0.25) is 9.69 Å². The van der Waals surface area contributed by atoms with Crippen LogP contribution in [0.1, 0.15) is 32.6 Å². The van der Waals surface area contributed by atoms with E-state index < -0.39 is 0 Å². The van der Waals surface area contributed by atoms with Crippen molar-refractivity contribution >= 4 is 5.91 Å². The molecule has 3 nitrogen and oxygen atoms in total. The van der Waals surface area contributed by atoms with E-state index in [-0.39, 0.29) is 5.91 Å². The molecule has 2 saturated heterocycles. The van der Waals surface area contributed by atoms with Crippen molar-refractivity contribution in [2.45, 2.75) is 44.7 Å². The lowest BCUT2D eigenvalue weighted by molar-refractivity contribution is -0.119. The molecule has 0 spiro atoms.